The summed E-state index contributed by atoms with van der Waals surface area (Å²) in [5.41, 5.74) is 2.46. The lowest BCUT2D eigenvalue weighted by atomic mass is 10.1. The highest BCUT2D eigenvalue weighted by Crippen LogP contribution is 2.19. The Kier molecular flexibility index (Phi) is 4.88. The molecule has 0 unspecified atom stereocenters. The second kappa shape index (κ2) is 5.97. The van der Waals surface area contributed by atoms with E-state index < -0.39 is 0 Å². The van der Waals surface area contributed by atoms with E-state index in [0.29, 0.717) is 0 Å². The zero-order valence-corrected chi connectivity index (χ0v) is 9.81. The summed E-state index contributed by atoms with van der Waals surface area (Å²) in [4.78, 5) is 0. The summed E-state index contributed by atoms with van der Waals surface area (Å²) in [6, 6.07) is 6.30. The van der Waals surface area contributed by atoms with Crippen LogP contribution in [0.15, 0.2) is 18.2 Å². The molecule has 0 bridgehead atoms. The summed E-state index contributed by atoms with van der Waals surface area (Å²) in [6.45, 7) is 4.96. The first-order chi connectivity index (χ1) is 6.74. The van der Waals surface area contributed by atoms with Gasteiger partial charge in [-0.15, -0.1) is 0 Å². The van der Waals surface area contributed by atoms with Crippen LogP contribution in [0.4, 0.5) is 0 Å². The average molecular weight is 210 g/mol. The molecule has 1 aromatic rings. The molecular formula is C12H18OS. The number of hydrogen-bond donors (Lipinski definition) is 1. The standard InChI is InChI=1S/C12H18OS/c1-10-5-6-11(2)12(9-10)13-7-3-4-8-14/h5-6,9,14H,3-4,7-8H2,1-2H3. The van der Waals surface area contributed by atoms with Gasteiger partial charge < -0.3 is 4.74 Å². The third-order valence-corrected chi connectivity index (χ3v) is 2.47. The van der Waals surface area contributed by atoms with Crippen molar-refractivity contribution in [2.24, 2.45) is 0 Å². The highest BCUT2D eigenvalue weighted by atomic mass is 32.1. The van der Waals surface area contributed by atoms with Crippen LogP contribution in [0.1, 0.15) is 24.0 Å². The van der Waals surface area contributed by atoms with E-state index in [1.807, 2.05) is 0 Å². The number of hydrogen-bond acceptors (Lipinski definition) is 2. The van der Waals surface area contributed by atoms with Gasteiger partial charge in [0.05, 0.1) is 6.61 Å². The first kappa shape index (κ1) is 11.4. The number of unbranched alkanes of at least 4 members (excludes halogenated alkanes) is 1. The molecule has 0 aliphatic rings. The number of thiol groups is 1. The molecular weight excluding hydrogens is 192 g/mol. The minimum absolute atomic E-state index is 0.796. The second-order valence-corrected chi connectivity index (χ2v) is 4.00. The topological polar surface area (TPSA) is 9.23 Å². The molecule has 0 saturated carbocycles. The summed E-state index contributed by atoms with van der Waals surface area (Å²) in [7, 11) is 0. The molecule has 0 radical (unpaired) electrons. The van der Waals surface area contributed by atoms with Gasteiger partial charge in [0.2, 0.25) is 0 Å². The first-order valence-electron chi connectivity index (χ1n) is 5.05. The van der Waals surface area contributed by atoms with Crippen LogP contribution in [-0.2, 0) is 0 Å². The van der Waals surface area contributed by atoms with E-state index in [0.717, 1.165) is 31.0 Å². The molecule has 0 amide bonds. The zero-order valence-electron chi connectivity index (χ0n) is 8.92. The van der Waals surface area contributed by atoms with Gasteiger partial charge in [0.15, 0.2) is 0 Å². The summed E-state index contributed by atoms with van der Waals surface area (Å²) in [5.74, 6) is 1.96. The smallest absolute Gasteiger partial charge is 0.122 e. The Bertz CT molecular complexity index is 284. The minimum atomic E-state index is 0.796. The summed E-state index contributed by atoms with van der Waals surface area (Å²) >= 11 is 4.16. The normalized spacial score (nSPS) is 10.2. The Morgan fingerprint density at radius 3 is 2.71 bits per heavy atom. The Morgan fingerprint density at radius 1 is 1.21 bits per heavy atom. The molecule has 14 heavy (non-hydrogen) atoms. The molecule has 2 heteroatoms. The van der Waals surface area contributed by atoms with E-state index in [1.165, 1.54) is 11.1 Å². The van der Waals surface area contributed by atoms with Crippen molar-refractivity contribution in [2.45, 2.75) is 26.7 Å². The SMILES string of the molecule is Cc1ccc(C)c(OCCCCS)c1. The molecule has 0 fully saturated rings. The molecule has 0 atom stereocenters. The number of ether oxygens (including phenoxy) is 1. The van der Waals surface area contributed by atoms with Crippen molar-refractivity contribution in [3.8, 4) is 5.75 Å². The van der Waals surface area contributed by atoms with Crippen molar-refractivity contribution < 1.29 is 4.74 Å². The molecule has 0 aromatic heterocycles. The Hall–Kier alpha value is -0.630. The van der Waals surface area contributed by atoms with Gasteiger partial charge in [-0.05, 0) is 49.6 Å². The van der Waals surface area contributed by atoms with Crippen molar-refractivity contribution in [1.29, 1.82) is 0 Å². The monoisotopic (exact) mass is 210 g/mol. The lowest BCUT2D eigenvalue weighted by Crippen LogP contribution is -1.99. The molecule has 0 aliphatic carbocycles. The van der Waals surface area contributed by atoms with Crippen LogP contribution >= 0.6 is 12.6 Å². The average Bonchev–Trinajstić information content (AvgIpc) is 2.18. The zero-order chi connectivity index (χ0) is 10.4. The van der Waals surface area contributed by atoms with Crippen molar-refractivity contribution in [3.63, 3.8) is 0 Å². The predicted octanol–water partition coefficient (Wildman–Crippen LogP) is 3.39. The van der Waals surface area contributed by atoms with Crippen molar-refractivity contribution in [2.75, 3.05) is 12.4 Å². The third kappa shape index (κ3) is 3.62. The molecule has 0 aliphatic heterocycles. The second-order valence-electron chi connectivity index (χ2n) is 3.55. The van der Waals surface area contributed by atoms with Crippen LogP contribution in [0.5, 0.6) is 5.75 Å². The molecule has 0 N–H and O–H groups in total. The van der Waals surface area contributed by atoms with E-state index in [9.17, 15) is 0 Å². The molecule has 0 heterocycles. The fourth-order valence-electron chi connectivity index (χ4n) is 1.26. The highest BCUT2D eigenvalue weighted by Gasteiger charge is 1.98. The van der Waals surface area contributed by atoms with E-state index in [4.69, 9.17) is 4.74 Å². The van der Waals surface area contributed by atoms with Gasteiger partial charge in [-0.1, -0.05) is 12.1 Å². The van der Waals surface area contributed by atoms with Gasteiger partial charge in [0.1, 0.15) is 5.75 Å². The Balaban J connectivity index is 2.45. The van der Waals surface area contributed by atoms with E-state index in [-0.39, 0.29) is 0 Å². The minimum Gasteiger partial charge on any atom is -0.493 e. The maximum atomic E-state index is 5.69. The molecule has 0 saturated heterocycles. The van der Waals surface area contributed by atoms with Gasteiger partial charge in [-0.2, -0.15) is 12.6 Å². The van der Waals surface area contributed by atoms with Gasteiger partial charge in [-0.25, -0.2) is 0 Å². The van der Waals surface area contributed by atoms with Crippen LogP contribution in [0, 0.1) is 13.8 Å². The van der Waals surface area contributed by atoms with Crippen LogP contribution in [0.25, 0.3) is 0 Å². The fraction of sp³-hybridized carbons (Fsp3) is 0.500. The van der Waals surface area contributed by atoms with Crippen LogP contribution < -0.4 is 4.74 Å². The lowest BCUT2D eigenvalue weighted by molar-refractivity contribution is 0.307. The van der Waals surface area contributed by atoms with Crippen molar-refractivity contribution in [1.82, 2.24) is 0 Å². The Morgan fingerprint density at radius 2 is 2.00 bits per heavy atom. The van der Waals surface area contributed by atoms with E-state index >= 15 is 0 Å². The summed E-state index contributed by atoms with van der Waals surface area (Å²) in [6.07, 6.45) is 2.20. The fourth-order valence-corrected chi connectivity index (χ4v) is 1.48. The number of aryl methyl sites for hydroxylation is 2. The van der Waals surface area contributed by atoms with Gasteiger partial charge in [0.25, 0.3) is 0 Å². The molecule has 0 spiro atoms. The third-order valence-electron chi connectivity index (χ3n) is 2.15. The highest BCUT2D eigenvalue weighted by molar-refractivity contribution is 7.80. The molecule has 78 valence electrons. The molecule has 1 nitrogen and oxygen atoms in total. The van der Waals surface area contributed by atoms with Gasteiger partial charge >= 0.3 is 0 Å². The quantitative estimate of drug-likeness (QED) is 0.579. The van der Waals surface area contributed by atoms with E-state index in [1.54, 1.807) is 0 Å². The van der Waals surface area contributed by atoms with Gasteiger partial charge in [0, 0.05) is 0 Å². The summed E-state index contributed by atoms with van der Waals surface area (Å²) < 4.78 is 5.69. The first-order valence-corrected chi connectivity index (χ1v) is 5.68. The largest absolute Gasteiger partial charge is 0.493 e. The van der Waals surface area contributed by atoms with Gasteiger partial charge in [-0.3, -0.25) is 0 Å². The maximum absolute atomic E-state index is 5.69. The van der Waals surface area contributed by atoms with Crippen LogP contribution in [-0.4, -0.2) is 12.4 Å². The number of benzene rings is 1. The molecule has 1 aromatic carbocycles. The molecule has 1 rings (SSSR count). The van der Waals surface area contributed by atoms with Crippen molar-refractivity contribution >= 4 is 12.6 Å². The lowest BCUT2D eigenvalue weighted by Gasteiger charge is -2.09. The van der Waals surface area contributed by atoms with Crippen LogP contribution in [0.3, 0.4) is 0 Å². The van der Waals surface area contributed by atoms with Crippen molar-refractivity contribution in [3.05, 3.63) is 29.3 Å². The Labute approximate surface area is 91.9 Å². The van der Waals surface area contributed by atoms with E-state index in [2.05, 4.69) is 44.7 Å². The maximum Gasteiger partial charge on any atom is 0.122 e. The predicted molar refractivity (Wildman–Crippen MR) is 64.5 cm³/mol. The number of rotatable bonds is 5. The summed E-state index contributed by atoms with van der Waals surface area (Å²) in [5, 5.41) is 0. The van der Waals surface area contributed by atoms with Crippen LogP contribution in [0.2, 0.25) is 0 Å².